The Hall–Kier alpha value is -2.34. The Balaban J connectivity index is 1.76. The average molecular weight is 308 g/mol. The molecule has 1 saturated carbocycles. The van der Waals surface area contributed by atoms with Crippen molar-refractivity contribution < 1.29 is 14.4 Å². The first-order valence-corrected chi connectivity index (χ1v) is 6.77. The van der Waals surface area contributed by atoms with Gasteiger partial charge in [-0.25, -0.2) is 0 Å². The summed E-state index contributed by atoms with van der Waals surface area (Å²) in [5.74, 6) is -2.20. The van der Waals surface area contributed by atoms with Crippen LogP contribution in [0.2, 0.25) is 5.02 Å². The fraction of sp³-hybridized carbons (Fsp3) is 0.214. The summed E-state index contributed by atoms with van der Waals surface area (Å²) < 4.78 is 0. The van der Waals surface area contributed by atoms with E-state index < -0.39 is 17.7 Å². The van der Waals surface area contributed by atoms with Crippen LogP contribution < -0.4 is 16.2 Å². The van der Waals surface area contributed by atoms with E-state index in [4.69, 9.17) is 11.6 Å². The van der Waals surface area contributed by atoms with E-state index in [1.165, 1.54) is 12.2 Å². The van der Waals surface area contributed by atoms with Crippen LogP contribution in [-0.4, -0.2) is 23.8 Å². The van der Waals surface area contributed by atoms with E-state index in [9.17, 15) is 14.4 Å². The Morgan fingerprint density at radius 1 is 1.14 bits per heavy atom. The highest BCUT2D eigenvalue weighted by molar-refractivity contribution is 6.35. The third-order valence-electron chi connectivity index (χ3n) is 2.69. The van der Waals surface area contributed by atoms with Crippen molar-refractivity contribution in [1.29, 1.82) is 0 Å². The molecule has 0 radical (unpaired) electrons. The molecule has 1 aliphatic rings. The van der Waals surface area contributed by atoms with Crippen molar-refractivity contribution in [1.82, 2.24) is 16.2 Å². The molecule has 6 nitrogen and oxygen atoms in total. The van der Waals surface area contributed by atoms with Crippen LogP contribution in [0.25, 0.3) is 6.08 Å². The van der Waals surface area contributed by atoms with Gasteiger partial charge in [-0.05, 0) is 36.6 Å². The monoisotopic (exact) mass is 307 g/mol. The first-order chi connectivity index (χ1) is 10.0. The second kappa shape index (κ2) is 6.90. The minimum absolute atomic E-state index is 0.0849. The van der Waals surface area contributed by atoms with Gasteiger partial charge in [-0.15, -0.1) is 0 Å². The van der Waals surface area contributed by atoms with E-state index >= 15 is 0 Å². The SMILES string of the molecule is O=C(/C=C/c1cccc(Cl)c1)NNC(=O)C(=O)NC1CC1. The lowest BCUT2D eigenvalue weighted by atomic mass is 10.2. The first-order valence-electron chi connectivity index (χ1n) is 6.39. The highest BCUT2D eigenvalue weighted by atomic mass is 35.5. The molecule has 0 heterocycles. The molecule has 3 N–H and O–H groups in total. The van der Waals surface area contributed by atoms with Gasteiger partial charge in [-0.1, -0.05) is 23.7 Å². The number of carbonyl (C=O) groups is 3. The predicted octanol–water partition coefficient (Wildman–Crippen LogP) is 0.779. The van der Waals surface area contributed by atoms with Crippen LogP contribution in [0.1, 0.15) is 18.4 Å². The Morgan fingerprint density at radius 2 is 1.90 bits per heavy atom. The summed E-state index contributed by atoms with van der Waals surface area (Å²) >= 11 is 5.81. The van der Waals surface area contributed by atoms with E-state index in [1.54, 1.807) is 24.3 Å². The van der Waals surface area contributed by atoms with Gasteiger partial charge in [0.2, 0.25) is 0 Å². The van der Waals surface area contributed by atoms with Gasteiger partial charge in [-0.2, -0.15) is 0 Å². The van der Waals surface area contributed by atoms with Crippen LogP contribution in [0.5, 0.6) is 0 Å². The molecule has 21 heavy (non-hydrogen) atoms. The molecule has 0 aromatic heterocycles. The third-order valence-corrected chi connectivity index (χ3v) is 2.93. The van der Waals surface area contributed by atoms with Crippen molar-refractivity contribution in [2.75, 3.05) is 0 Å². The van der Waals surface area contributed by atoms with Gasteiger partial charge in [0.1, 0.15) is 0 Å². The smallest absolute Gasteiger partial charge is 0.327 e. The molecule has 0 saturated heterocycles. The summed E-state index contributed by atoms with van der Waals surface area (Å²) in [6, 6.07) is 7.02. The minimum Gasteiger partial charge on any atom is -0.345 e. The Bertz CT molecular complexity index is 597. The summed E-state index contributed by atoms with van der Waals surface area (Å²) in [4.78, 5) is 34.2. The number of amides is 3. The van der Waals surface area contributed by atoms with E-state index in [2.05, 4.69) is 10.7 Å². The van der Waals surface area contributed by atoms with Gasteiger partial charge in [0.05, 0.1) is 0 Å². The molecule has 0 unspecified atom stereocenters. The van der Waals surface area contributed by atoms with E-state index in [1.807, 2.05) is 5.43 Å². The lowest BCUT2D eigenvalue weighted by Gasteiger charge is -2.05. The molecule has 3 amide bonds. The summed E-state index contributed by atoms with van der Waals surface area (Å²) in [7, 11) is 0. The molecule has 0 spiro atoms. The van der Waals surface area contributed by atoms with E-state index in [0.29, 0.717) is 5.02 Å². The molecule has 7 heteroatoms. The van der Waals surface area contributed by atoms with Gasteiger partial charge in [0, 0.05) is 17.1 Å². The Kier molecular flexibility index (Phi) is 4.94. The quantitative estimate of drug-likeness (QED) is 0.438. The number of benzene rings is 1. The highest BCUT2D eigenvalue weighted by Crippen LogP contribution is 2.18. The zero-order valence-electron chi connectivity index (χ0n) is 11.1. The third kappa shape index (κ3) is 5.27. The maximum atomic E-state index is 11.5. The Labute approximate surface area is 126 Å². The van der Waals surface area contributed by atoms with Crippen LogP contribution >= 0.6 is 11.6 Å². The predicted molar refractivity (Wildman–Crippen MR) is 77.9 cm³/mol. The molecular formula is C14H14ClN3O3. The van der Waals surface area contributed by atoms with Crippen LogP contribution in [0, 0.1) is 0 Å². The van der Waals surface area contributed by atoms with Crippen molar-refractivity contribution in [3.05, 3.63) is 40.9 Å². The maximum absolute atomic E-state index is 11.5. The normalized spacial score (nSPS) is 13.8. The van der Waals surface area contributed by atoms with E-state index in [-0.39, 0.29) is 6.04 Å². The van der Waals surface area contributed by atoms with Crippen molar-refractivity contribution in [3.8, 4) is 0 Å². The second-order valence-corrected chi connectivity index (χ2v) is 5.02. The van der Waals surface area contributed by atoms with Crippen molar-refractivity contribution >= 4 is 35.4 Å². The fourth-order valence-corrected chi connectivity index (χ4v) is 1.68. The zero-order chi connectivity index (χ0) is 15.2. The summed E-state index contributed by atoms with van der Waals surface area (Å²) in [6.45, 7) is 0. The molecular weight excluding hydrogens is 294 g/mol. The molecule has 0 bridgehead atoms. The number of nitrogens with one attached hydrogen (secondary N) is 3. The number of hydrogen-bond donors (Lipinski definition) is 3. The largest absolute Gasteiger partial charge is 0.345 e. The standard InChI is InChI=1S/C14H14ClN3O3/c15-10-3-1-2-9(8-10)4-7-12(19)17-18-14(21)13(20)16-11-5-6-11/h1-4,7-8,11H,5-6H2,(H,16,20)(H,17,19)(H,18,21)/b7-4+. The van der Waals surface area contributed by atoms with Crippen LogP contribution in [-0.2, 0) is 14.4 Å². The molecule has 0 aliphatic heterocycles. The van der Waals surface area contributed by atoms with Crippen LogP contribution in [0.3, 0.4) is 0 Å². The second-order valence-electron chi connectivity index (χ2n) is 4.58. The molecule has 1 aliphatic carbocycles. The minimum atomic E-state index is -0.897. The van der Waals surface area contributed by atoms with Crippen molar-refractivity contribution in [2.24, 2.45) is 0 Å². The van der Waals surface area contributed by atoms with Gasteiger partial charge in [0.25, 0.3) is 5.91 Å². The lowest BCUT2D eigenvalue weighted by molar-refractivity contribution is -0.140. The zero-order valence-corrected chi connectivity index (χ0v) is 11.8. The number of halogens is 1. The van der Waals surface area contributed by atoms with Gasteiger partial charge in [-0.3, -0.25) is 25.2 Å². The molecule has 1 aromatic rings. The number of hydrazine groups is 1. The first kappa shape index (κ1) is 15.1. The molecule has 2 rings (SSSR count). The summed E-state index contributed by atoms with van der Waals surface area (Å²) in [5, 5.41) is 3.06. The molecule has 0 atom stereocenters. The van der Waals surface area contributed by atoms with Crippen LogP contribution in [0.4, 0.5) is 0 Å². The van der Waals surface area contributed by atoms with E-state index in [0.717, 1.165) is 18.4 Å². The number of carbonyl (C=O) groups excluding carboxylic acids is 3. The molecule has 110 valence electrons. The van der Waals surface area contributed by atoms with Crippen molar-refractivity contribution in [3.63, 3.8) is 0 Å². The number of hydrogen-bond acceptors (Lipinski definition) is 3. The Morgan fingerprint density at radius 3 is 2.57 bits per heavy atom. The van der Waals surface area contributed by atoms with Gasteiger partial charge < -0.3 is 5.32 Å². The lowest BCUT2D eigenvalue weighted by Crippen LogP contribution is -2.48. The average Bonchev–Trinajstić information content (AvgIpc) is 3.26. The van der Waals surface area contributed by atoms with Crippen molar-refractivity contribution in [2.45, 2.75) is 18.9 Å². The summed E-state index contributed by atoms with van der Waals surface area (Å²) in [6.07, 6.45) is 4.53. The topological polar surface area (TPSA) is 87.3 Å². The maximum Gasteiger partial charge on any atom is 0.327 e. The van der Waals surface area contributed by atoms with Gasteiger partial charge in [0.15, 0.2) is 0 Å². The van der Waals surface area contributed by atoms with Crippen LogP contribution in [0.15, 0.2) is 30.3 Å². The number of rotatable bonds is 3. The molecule has 1 aromatic carbocycles. The highest BCUT2D eigenvalue weighted by Gasteiger charge is 2.26. The van der Waals surface area contributed by atoms with Gasteiger partial charge >= 0.3 is 11.8 Å². The molecule has 1 fully saturated rings. The fourth-order valence-electron chi connectivity index (χ4n) is 1.48. The summed E-state index contributed by atoms with van der Waals surface area (Å²) in [5.41, 5.74) is 4.90.